The van der Waals surface area contributed by atoms with Crippen molar-refractivity contribution >= 4 is 76.5 Å². The molecule has 0 atom stereocenters. The fourth-order valence-electron chi connectivity index (χ4n) is 5.11. The van der Waals surface area contributed by atoms with Crippen molar-refractivity contribution < 1.29 is 8.83 Å². The number of furan rings is 2. The summed E-state index contributed by atoms with van der Waals surface area (Å²) in [6.07, 6.45) is 3.49. The molecule has 0 aliphatic rings. The van der Waals surface area contributed by atoms with Crippen LogP contribution in [0.2, 0.25) is 0 Å². The lowest BCUT2D eigenvalue weighted by Gasteiger charge is -2.09. The maximum absolute atomic E-state index is 6.17. The quantitative estimate of drug-likeness (QED) is 0.240. The summed E-state index contributed by atoms with van der Waals surface area (Å²) in [7, 11) is 0. The van der Waals surface area contributed by atoms with Gasteiger partial charge in [0, 0.05) is 44.7 Å². The summed E-state index contributed by atoms with van der Waals surface area (Å²) < 4.78 is 12.3. The van der Waals surface area contributed by atoms with E-state index in [-0.39, 0.29) is 0 Å². The maximum Gasteiger partial charge on any atom is 0.136 e. The van der Waals surface area contributed by atoms with Gasteiger partial charge in [0.15, 0.2) is 0 Å². The van der Waals surface area contributed by atoms with Crippen LogP contribution in [0.25, 0.3) is 76.5 Å². The van der Waals surface area contributed by atoms with Crippen LogP contribution >= 0.6 is 0 Å². The largest absolute Gasteiger partial charge is 0.456 e. The Bertz CT molecular complexity index is 1900. The SMILES string of the molecule is c1ccc2c(c1)oc1cc3c(cc12)c1cc2c(cc1c1nccnc31)oc1ccccc12. The van der Waals surface area contributed by atoms with E-state index >= 15 is 0 Å². The lowest BCUT2D eigenvalue weighted by Crippen LogP contribution is -1.88. The highest BCUT2D eigenvalue weighted by molar-refractivity contribution is 6.28. The molecule has 0 fully saturated rings. The van der Waals surface area contributed by atoms with Crippen LogP contribution in [0.5, 0.6) is 0 Å². The van der Waals surface area contributed by atoms with E-state index in [0.717, 1.165) is 76.5 Å². The molecule has 4 nitrogen and oxygen atoms in total. The van der Waals surface area contributed by atoms with Gasteiger partial charge in [-0.1, -0.05) is 36.4 Å². The first-order valence-corrected chi connectivity index (χ1v) is 10.6. The zero-order valence-electron chi connectivity index (χ0n) is 16.8. The molecule has 8 aromatic rings. The van der Waals surface area contributed by atoms with E-state index in [1.54, 1.807) is 12.4 Å². The number of nitrogens with zero attached hydrogens (tertiary/aromatic N) is 2. The molecule has 0 amide bonds. The van der Waals surface area contributed by atoms with Gasteiger partial charge in [0.1, 0.15) is 22.3 Å². The monoisotopic (exact) mass is 410 g/mol. The average molecular weight is 410 g/mol. The number of benzene rings is 5. The number of rotatable bonds is 0. The van der Waals surface area contributed by atoms with E-state index in [0.29, 0.717) is 0 Å². The number of hydrogen-bond donors (Lipinski definition) is 0. The van der Waals surface area contributed by atoms with Crippen molar-refractivity contribution in [2.75, 3.05) is 0 Å². The first kappa shape index (κ1) is 16.3. The van der Waals surface area contributed by atoms with Crippen LogP contribution in [0.4, 0.5) is 0 Å². The van der Waals surface area contributed by atoms with E-state index < -0.39 is 0 Å². The van der Waals surface area contributed by atoms with Gasteiger partial charge < -0.3 is 8.83 Å². The molecule has 0 bridgehead atoms. The van der Waals surface area contributed by atoms with E-state index in [9.17, 15) is 0 Å². The number of hydrogen-bond acceptors (Lipinski definition) is 4. The van der Waals surface area contributed by atoms with Crippen molar-refractivity contribution in [2.24, 2.45) is 0 Å². The standard InChI is InChI=1S/C28H14N2O2/c1-3-7-23-15(5-1)19-11-17-18-12-20-16-6-2-4-8-24(16)32-26(20)14-22(18)28-27(29-9-10-30-28)21(17)13-25(19)31-23/h1-14H. The Morgan fingerprint density at radius 1 is 0.406 bits per heavy atom. The van der Waals surface area contributed by atoms with Crippen LogP contribution in [0, 0.1) is 0 Å². The van der Waals surface area contributed by atoms with Crippen molar-refractivity contribution in [2.45, 2.75) is 0 Å². The molecule has 0 saturated carbocycles. The molecule has 3 aromatic heterocycles. The Kier molecular flexibility index (Phi) is 2.86. The average Bonchev–Trinajstić information content (AvgIpc) is 3.39. The fourth-order valence-corrected chi connectivity index (χ4v) is 5.11. The second-order valence-corrected chi connectivity index (χ2v) is 8.24. The van der Waals surface area contributed by atoms with Gasteiger partial charge in [-0.2, -0.15) is 0 Å². The van der Waals surface area contributed by atoms with Gasteiger partial charge in [0.25, 0.3) is 0 Å². The minimum absolute atomic E-state index is 0.861. The first-order chi connectivity index (χ1) is 15.8. The zero-order chi connectivity index (χ0) is 20.8. The summed E-state index contributed by atoms with van der Waals surface area (Å²) >= 11 is 0. The molecule has 3 heterocycles. The van der Waals surface area contributed by atoms with E-state index in [1.165, 1.54) is 0 Å². The number of para-hydroxylation sites is 2. The van der Waals surface area contributed by atoms with Crippen LogP contribution in [-0.4, -0.2) is 9.97 Å². The molecule has 0 saturated heterocycles. The second kappa shape index (κ2) is 5.62. The molecule has 0 radical (unpaired) electrons. The Morgan fingerprint density at radius 2 is 0.875 bits per heavy atom. The normalized spacial score (nSPS) is 12.4. The van der Waals surface area contributed by atoms with Crippen LogP contribution in [0.1, 0.15) is 0 Å². The lowest BCUT2D eigenvalue weighted by atomic mass is 9.96. The zero-order valence-corrected chi connectivity index (χ0v) is 16.8. The van der Waals surface area contributed by atoms with Gasteiger partial charge in [-0.25, -0.2) is 0 Å². The summed E-state index contributed by atoms with van der Waals surface area (Å²) in [5, 5.41) is 8.81. The van der Waals surface area contributed by atoms with E-state index in [1.807, 2.05) is 36.4 Å². The predicted octanol–water partition coefficient (Wildman–Crippen LogP) is 7.74. The Labute approximate surface area is 180 Å². The minimum Gasteiger partial charge on any atom is -0.456 e. The summed E-state index contributed by atoms with van der Waals surface area (Å²) in [4.78, 5) is 9.42. The third kappa shape index (κ3) is 1.97. The first-order valence-electron chi connectivity index (χ1n) is 10.6. The Hall–Kier alpha value is -4.44. The molecule has 0 N–H and O–H groups in total. The molecule has 0 unspecified atom stereocenters. The second-order valence-electron chi connectivity index (χ2n) is 8.24. The minimum atomic E-state index is 0.861. The van der Waals surface area contributed by atoms with E-state index in [2.05, 4.69) is 36.4 Å². The third-order valence-corrected chi connectivity index (χ3v) is 6.53. The van der Waals surface area contributed by atoms with Gasteiger partial charge in [0.05, 0.1) is 11.0 Å². The highest BCUT2D eigenvalue weighted by Gasteiger charge is 2.17. The van der Waals surface area contributed by atoms with Gasteiger partial charge in [-0.15, -0.1) is 0 Å². The van der Waals surface area contributed by atoms with Crippen LogP contribution in [0.3, 0.4) is 0 Å². The Morgan fingerprint density at radius 3 is 1.38 bits per heavy atom. The smallest absolute Gasteiger partial charge is 0.136 e. The van der Waals surface area contributed by atoms with Gasteiger partial charge >= 0.3 is 0 Å². The van der Waals surface area contributed by atoms with Crippen molar-refractivity contribution in [3.8, 4) is 0 Å². The topological polar surface area (TPSA) is 52.1 Å². The highest BCUT2D eigenvalue weighted by atomic mass is 16.3. The molecule has 32 heavy (non-hydrogen) atoms. The number of fused-ring (bicyclic) bond motifs is 12. The molecule has 8 rings (SSSR count). The lowest BCUT2D eigenvalue weighted by molar-refractivity contribution is 0.669. The predicted molar refractivity (Wildman–Crippen MR) is 129 cm³/mol. The highest BCUT2D eigenvalue weighted by Crippen LogP contribution is 2.41. The van der Waals surface area contributed by atoms with Crippen LogP contribution < -0.4 is 0 Å². The van der Waals surface area contributed by atoms with Crippen molar-refractivity contribution in [1.82, 2.24) is 9.97 Å². The molecule has 0 spiro atoms. The molecule has 0 aliphatic heterocycles. The van der Waals surface area contributed by atoms with Gasteiger partial charge in [-0.05, 0) is 47.2 Å². The summed E-state index contributed by atoms with van der Waals surface area (Å²) in [5.74, 6) is 0. The van der Waals surface area contributed by atoms with Gasteiger partial charge in [-0.3, -0.25) is 9.97 Å². The molecule has 5 aromatic carbocycles. The van der Waals surface area contributed by atoms with Gasteiger partial charge in [0.2, 0.25) is 0 Å². The van der Waals surface area contributed by atoms with Crippen molar-refractivity contribution in [1.29, 1.82) is 0 Å². The van der Waals surface area contributed by atoms with Crippen LogP contribution in [-0.2, 0) is 0 Å². The summed E-state index contributed by atoms with van der Waals surface area (Å²) in [6, 6.07) is 25.0. The van der Waals surface area contributed by atoms with Crippen molar-refractivity contribution in [3.63, 3.8) is 0 Å². The molecule has 4 heteroatoms. The Balaban J connectivity index is 1.67. The fraction of sp³-hybridized carbons (Fsp3) is 0. The summed E-state index contributed by atoms with van der Waals surface area (Å²) in [5.41, 5.74) is 5.24. The van der Waals surface area contributed by atoms with Crippen LogP contribution in [0.15, 0.2) is 94.0 Å². The van der Waals surface area contributed by atoms with Crippen molar-refractivity contribution in [3.05, 3.63) is 85.2 Å². The third-order valence-electron chi connectivity index (χ3n) is 6.53. The summed E-state index contributed by atoms with van der Waals surface area (Å²) in [6.45, 7) is 0. The molecular formula is C28H14N2O2. The maximum atomic E-state index is 6.17. The molecule has 0 aliphatic carbocycles. The molecular weight excluding hydrogens is 396 g/mol. The molecule has 148 valence electrons. The van der Waals surface area contributed by atoms with E-state index in [4.69, 9.17) is 18.8 Å². The number of aromatic nitrogens is 2.